The zero-order valence-corrected chi connectivity index (χ0v) is 20.8. The molecule has 0 aliphatic rings. The lowest BCUT2D eigenvalue weighted by Gasteiger charge is -2.39. The van der Waals surface area contributed by atoms with Crippen LogP contribution in [0.2, 0.25) is 0 Å². The third kappa shape index (κ3) is 7.44. The normalized spacial score (nSPS) is 13.6. The second-order valence-corrected chi connectivity index (χ2v) is 9.30. The molecule has 1 amide bonds. The number of halogens is 2. The van der Waals surface area contributed by atoms with Crippen LogP contribution in [0.1, 0.15) is 50.1 Å². The van der Waals surface area contributed by atoms with Crippen LogP contribution < -0.4 is 5.73 Å². The summed E-state index contributed by atoms with van der Waals surface area (Å²) in [6, 6.07) is 9.14. The molecule has 1 aromatic carbocycles. The van der Waals surface area contributed by atoms with Crippen LogP contribution in [0, 0.1) is 5.41 Å². The molecule has 6 nitrogen and oxygen atoms in total. The van der Waals surface area contributed by atoms with Gasteiger partial charge in [0.25, 0.3) is 0 Å². The van der Waals surface area contributed by atoms with E-state index in [-0.39, 0.29) is 5.70 Å². The van der Waals surface area contributed by atoms with E-state index >= 15 is 0 Å². The summed E-state index contributed by atoms with van der Waals surface area (Å²) in [6.07, 6.45) is 6.21. The molecule has 3 N–H and O–H groups in total. The SMILES string of the molecule is C=C/C=C(F)\C(=C/CF)n1cc(Cc2ccccc2)c([C@H](N(CCCN)C(=O)CO)C(C)(C)C)n1. The Labute approximate surface area is 206 Å². The number of rotatable bonds is 12. The van der Waals surface area contributed by atoms with Gasteiger partial charge in [0.15, 0.2) is 0 Å². The van der Waals surface area contributed by atoms with E-state index in [4.69, 9.17) is 10.8 Å². The molecule has 0 radical (unpaired) electrons. The predicted octanol–water partition coefficient (Wildman–Crippen LogP) is 4.58. The molecule has 2 aromatic rings. The largest absolute Gasteiger partial charge is 0.387 e. The first-order valence-corrected chi connectivity index (χ1v) is 11.7. The molecule has 1 aromatic heterocycles. The number of allylic oxidation sites excluding steroid dienone is 5. The van der Waals surface area contributed by atoms with Crippen LogP contribution in [0.25, 0.3) is 5.70 Å². The van der Waals surface area contributed by atoms with E-state index in [2.05, 4.69) is 6.58 Å². The number of aromatic nitrogens is 2. The molecule has 8 heteroatoms. The zero-order chi connectivity index (χ0) is 26.0. The van der Waals surface area contributed by atoms with E-state index in [9.17, 15) is 18.7 Å². The van der Waals surface area contributed by atoms with Gasteiger partial charge in [-0.2, -0.15) is 5.10 Å². The van der Waals surface area contributed by atoms with Crippen LogP contribution >= 0.6 is 0 Å². The van der Waals surface area contributed by atoms with Gasteiger partial charge in [-0.3, -0.25) is 4.79 Å². The smallest absolute Gasteiger partial charge is 0.248 e. The van der Waals surface area contributed by atoms with Gasteiger partial charge in [0, 0.05) is 24.7 Å². The molecule has 35 heavy (non-hydrogen) atoms. The summed E-state index contributed by atoms with van der Waals surface area (Å²) in [6.45, 7) is 8.59. The number of amides is 1. The zero-order valence-electron chi connectivity index (χ0n) is 20.8. The van der Waals surface area contributed by atoms with Crippen LogP contribution in [0.5, 0.6) is 0 Å². The fourth-order valence-corrected chi connectivity index (χ4v) is 4.07. The third-order valence-corrected chi connectivity index (χ3v) is 5.54. The lowest BCUT2D eigenvalue weighted by atomic mass is 9.81. The van der Waals surface area contributed by atoms with Crippen molar-refractivity contribution in [3.63, 3.8) is 0 Å². The van der Waals surface area contributed by atoms with Crippen molar-refractivity contribution < 1.29 is 18.7 Å². The fourth-order valence-electron chi connectivity index (χ4n) is 4.07. The number of benzene rings is 1. The second-order valence-electron chi connectivity index (χ2n) is 9.30. The van der Waals surface area contributed by atoms with Gasteiger partial charge in [-0.25, -0.2) is 13.5 Å². The quantitative estimate of drug-likeness (QED) is 0.430. The number of carbonyl (C=O) groups is 1. The Kier molecular flexibility index (Phi) is 10.5. The highest BCUT2D eigenvalue weighted by Crippen LogP contribution is 2.40. The Hall–Kier alpha value is -3.10. The molecule has 1 heterocycles. The van der Waals surface area contributed by atoms with Gasteiger partial charge in [-0.1, -0.05) is 63.8 Å². The number of hydrogen-bond acceptors (Lipinski definition) is 4. The Balaban J connectivity index is 2.76. The van der Waals surface area contributed by atoms with Crippen molar-refractivity contribution in [3.8, 4) is 0 Å². The maximum absolute atomic E-state index is 14.8. The Morgan fingerprint density at radius 1 is 1.31 bits per heavy atom. The van der Waals surface area contributed by atoms with Gasteiger partial charge in [0.2, 0.25) is 5.91 Å². The molecule has 1 atom stereocenters. The van der Waals surface area contributed by atoms with Crippen molar-refractivity contribution in [2.24, 2.45) is 11.1 Å². The highest BCUT2D eigenvalue weighted by atomic mass is 19.1. The lowest BCUT2D eigenvalue weighted by Crippen LogP contribution is -2.44. The number of nitrogens with two attached hydrogens (primary N) is 1. The summed E-state index contributed by atoms with van der Waals surface area (Å²) < 4.78 is 29.5. The van der Waals surface area contributed by atoms with Gasteiger partial charge in [0.1, 0.15) is 19.1 Å². The summed E-state index contributed by atoms with van der Waals surface area (Å²) in [7, 11) is 0. The molecular weight excluding hydrogens is 450 g/mol. The Morgan fingerprint density at radius 2 is 2.00 bits per heavy atom. The van der Waals surface area contributed by atoms with Crippen molar-refractivity contribution >= 4 is 11.6 Å². The first kappa shape index (κ1) is 28.1. The predicted molar refractivity (Wildman–Crippen MR) is 136 cm³/mol. The van der Waals surface area contributed by atoms with Gasteiger partial charge in [0.05, 0.1) is 17.4 Å². The van der Waals surface area contributed by atoms with Gasteiger partial charge in [-0.05, 0) is 36.1 Å². The molecule has 0 saturated heterocycles. The number of alkyl halides is 1. The summed E-state index contributed by atoms with van der Waals surface area (Å²) in [5, 5.41) is 14.4. The third-order valence-electron chi connectivity index (χ3n) is 5.54. The second kappa shape index (κ2) is 13.1. The number of aliphatic hydroxyl groups is 1. The summed E-state index contributed by atoms with van der Waals surface area (Å²) in [5.41, 5.74) is 7.48. The molecule has 2 rings (SSSR count). The van der Waals surface area contributed by atoms with E-state index in [1.54, 1.807) is 11.1 Å². The minimum atomic E-state index is -0.884. The van der Waals surface area contributed by atoms with Crippen LogP contribution in [0.3, 0.4) is 0 Å². The van der Waals surface area contributed by atoms with Gasteiger partial charge < -0.3 is 15.7 Å². The molecule has 0 bridgehead atoms. The minimum absolute atomic E-state index is 0.0531. The summed E-state index contributed by atoms with van der Waals surface area (Å²) >= 11 is 0. The highest BCUT2D eigenvalue weighted by Gasteiger charge is 2.38. The number of carbonyl (C=O) groups excluding carboxylic acids is 1. The van der Waals surface area contributed by atoms with Crippen molar-refractivity contribution in [3.05, 3.63) is 84.0 Å². The summed E-state index contributed by atoms with van der Waals surface area (Å²) in [4.78, 5) is 14.4. The van der Waals surface area contributed by atoms with Crippen molar-refractivity contribution in [1.29, 1.82) is 0 Å². The summed E-state index contributed by atoms with van der Waals surface area (Å²) in [5.74, 6) is -1.13. The van der Waals surface area contributed by atoms with Crippen molar-refractivity contribution in [1.82, 2.24) is 14.7 Å². The van der Waals surface area contributed by atoms with E-state index in [1.807, 2.05) is 51.1 Å². The maximum Gasteiger partial charge on any atom is 0.248 e. The Morgan fingerprint density at radius 3 is 2.54 bits per heavy atom. The fraction of sp³-hybridized carbons (Fsp3) is 0.407. The first-order valence-electron chi connectivity index (χ1n) is 11.7. The molecule has 190 valence electrons. The standard InChI is InChI=1S/C27H36F2N4O2/c1-5-10-22(29)23(13-14-28)33-18-21(17-20-11-7-6-8-12-20)25(31-33)26(27(2,3)4)32(16-9-15-30)24(35)19-34/h5-8,10-13,18,26,34H,1,9,14-17,19,30H2,2-4H3/b22-10+,23-13+/t26-/m0/s1. The molecule has 0 unspecified atom stereocenters. The van der Waals surface area contributed by atoms with Crippen LogP contribution in [0.4, 0.5) is 8.78 Å². The van der Waals surface area contributed by atoms with Crippen LogP contribution in [-0.2, 0) is 11.2 Å². The van der Waals surface area contributed by atoms with Crippen LogP contribution in [-0.4, -0.2) is 52.1 Å². The average Bonchev–Trinajstić information content (AvgIpc) is 3.21. The molecule has 0 spiro atoms. The van der Waals surface area contributed by atoms with Gasteiger partial charge in [-0.15, -0.1) is 0 Å². The lowest BCUT2D eigenvalue weighted by molar-refractivity contribution is -0.139. The monoisotopic (exact) mass is 486 g/mol. The van der Waals surface area contributed by atoms with E-state index in [1.165, 1.54) is 10.8 Å². The number of hydrogen-bond donors (Lipinski definition) is 2. The molecule has 0 fully saturated rings. The van der Waals surface area contributed by atoms with E-state index in [0.29, 0.717) is 31.6 Å². The topological polar surface area (TPSA) is 84.4 Å². The molecular formula is C27H36F2N4O2. The molecule has 0 saturated carbocycles. The average molecular weight is 487 g/mol. The van der Waals surface area contributed by atoms with E-state index in [0.717, 1.165) is 23.3 Å². The highest BCUT2D eigenvalue weighted by molar-refractivity contribution is 5.78. The van der Waals surface area contributed by atoms with Crippen molar-refractivity contribution in [2.45, 2.75) is 39.7 Å². The minimum Gasteiger partial charge on any atom is -0.387 e. The number of nitrogens with zero attached hydrogens (tertiary/aromatic N) is 3. The van der Waals surface area contributed by atoms with E-state index < -0.39 is 36.5 Å². The number of aliphatic hydroxyl groups excluding tert-OH is 1. The van der Waals surface area contributed by atoms with Crippen LogP contribution in [0.15, 0.2) is 67.2 Å². The first-order chi connectivity index (χ1) is 16.7. The van der Waals surface area contributed by atoms with Gasteiger partial charge >= 0.3 is 0 Å². The maximum atomic E-state index is 14.8. The van der Waals surface area contributed by atoms with Crippen molar-refractivity contribution in [2.75, 3.05) is 26.4 Å². The molecule has 0 aliphatic heterocycles. The Bertz CT molecular complexity index is 1040. The molecule has 0 aliphatic carbocycles.